The number of hydrogen-bond acceptors (Lipinski definition) is 5. The molecule has 1 amide bonds. The summed E-state index contributed by atoms with van der Waals surface area (Å²) in [6, 6.07) is 3.51. The molecule has 0 radical (unpaired) electrons. The van der Waals surface area contributed by atoms with Gasteiger partial charge in [0.25, 0.3) is 0 Å². The lowest BCUT2D eigenvalue weighted by atomic mass is 9.84. The second-order valence-corrected chi connectivity index (χ2v) is 6.66. The number of aryl methyl sites for hydroxylation is 1. The minimum Gasteiger partial charge on any atom is -0.506 e. The molecule has 3 N–H and O–H groups in total. The number of pyridine rings is 1. The number of nitrogens with zero attached hydrogens (tertiary/aromatic N) is 2. The number of aromatic nitrogens is 1. The van der Waals surface area contributed by atoms with Crippen LogP contribution in [-0.2, 0) is 16.1 Å². The highest BCUT2D eigenvalue weighted by atomic mass is 16.5. The third kappa shape index (κ3) is 3.64. The van der Waals surface area contributed by atoms with Gasteiger partial charge >= 0.3 is 0 Å². The summed E-state index contributed by atoms with van der Waals surface area (Å²) in [6.07, 6.45) is 2.71. The van der Waals surface area contributed by atoms with E-state index in [2.05, 4.69) is 9.88 Å². The smallest absolute Gasteiger partial charge is 0.223 e. The number of aromatic hydroxyl groups is 1. The zero-order chi connectivity index (χ0) is 16.4. The molecule has 0 aromatic carbocycles. The third-order valence-electron chi connectivity index (χ3n) is 5.06. The maximum atomic E-state index is 11.5. The Hall–Kier alpha value is -1.66. The fourth-order valence-electron chi connectivity index (χ4n) is 3.75. The van der Waals surface area contributed by atoms with Gasteiger partial charge in [0, 0.05) is 18.8 Å². The van der Waals surface area contributed by atoms with Gasteiger partial charge in [-0.1, -0.05) is 0 Å². The zero-order valence-electron chi connectivity index (χ0n) is 13.6. The molecule has 0 spiro atoms. The van der Waals surface area contributed by atoms with E-state index in [-0.39, 0.29) is 23.7 Å². The molecule has 1 aromatic rings. The minimum atomic E-state index is -0.233. The molecule has 2 aliphatic rings. The van der Waals surface area contributed by atoms with E-state index in [1.54, 1.807) is 6.07 Å². The van der Waals surface area contributed by atoms with Gasteiger partial charge in [-0.25, -0.2) is 0 Å². The van der Waals surface area contributed by atoms with E-state index in [0.717, 1.165) is 43.7 Å². The Morgan fingerprint density at radius 2 is 2.13 bits per heavy atom. The molecular formula is C17H25N3O3. The average molecular weight is 319 g/mol. The molecule has 0 saturated carbocycles. The molecule has 0 aliphatic carbocycles. The Bertz CT molecular complexity index is 570. The fourth-order valence-corrected chi connectivity index (χ4v) is 3.75. The van der Waals surface area contributed by atoms with Gasteiger partial charge in [0.05, 0.1) is 17.7 Å². The first-order valence-corrected chi connectivity index (χ1v) is 8.33. The first-order chi connectivity index (χ1) is 11.0. The lowest BCUT2D eigenvalue weighted by molar-refractivity contribution is -0.124. The van der Waals surface area contributed by atoms with Crippen LogP contribution in [0.3, 0.4) is 0 Å². The number of amides is 1. The first kappa shape index (κ1) is 16.2. The van der Waals surface area contributed by atoms with Crippen LogP contribution in [0.15, 0.2) is 12.1 Å². The van der Waals surface area contributed by atoms with Crippen molar-refractivity contribution < 1.29 is 14.6 Å². The minimum absolute atomic E-state index is 0.0138. The molecule has 6 heteroatoms. The molecule has 3 heterocycles. The van der Waals surface area contributed by atoms with E-state index in [4.69, 9.17) is 10.5 Å². The van der Waals surface area contributed by atoms with Crippen LogP contribution in [0.25, 0.3) is 0 Å². The van der Waals surface area contributed by atoms with E-state index >= 15 is 0 Å². The van der Waals surface area contributed by atoms with Crippen molar-refractivity contribution >= 4 is 5.91 Å². The van der Waals surface area contributed by atoms with Crippen LogP contribution < -0.4 is 5.73 Å². The summed E-state index contributed by atoms with van der Waals surface area (Å²) in [4.78, 5) is 18.2. The van der Waals surface area contributed by atoms with Crippen LogP contribution in [-0.4, -0.2) is 46.7 Å². The van der Waals surface area contributed by atoms with Crippen molar-refractivity contribution in [1.82, 2.24) is 9.88 Å². The zero-order valence-corrected chi connectivity index (χ0v) is 13.6. The lowest BCUT2D eigenvalue weighted by Gasteiger charge is -2.35. The summed E-state index contributed by atoms with van der Waals surface area (Å²) < 4.78 is 5.78. The van der Waals surface area contributed by atoms with Gasteiger partial charge in [-0.15, -0.1) is 0 Å². The molecule has 23 heavy (non-hydrogen) atoms. The largest absolute Gasteiger partial charge is 0.506 e. The predicted octanol–water partition coefficient (Wildman–Crippen LogP) is 1.20. The SMILES string of the molecule is Cc1ccc(O)c(CN2CCC([C@H]3OCC[C@@H]3C(N)=O)CC2)n1. The Labute approximate surface area is 136 Å². The van der Waals surface area contributed by atoms with E-state index in [9.17, 15) is 9.90 Å². The van der Waals surface area contributed by atoms with Crippen molar-refractivity contribution in [1.29, 1.82) is 0 Å². The summed E-state index contributed by atoms with van der Waals surface area (Å²) in [5.74, 6) is 0.286. The Morgan fingerprint density at radius 1 is 1.39 bits per heavy atom. The maximum absolute atomic E-state index is 11.5. The quantitative estimate of drug-likeness (QED) is 0.870. The summed E-state index contributed by atoms with van der Waals surface area (Å²) in [6.45, 7) is 5.07. The highest BCUT2D eigenvalue weighted by Crippen LogP contribution is 2.33. The molecule has 3 rings (SSSR count). The van der Waals surface area contributed by atoms with Gasteiger partial charge in [-0.2, -0.15) is 0 Å². The molecule has 1 aromatic heterocycles. The average Bonchev–Trinajstić information content (AvgIpc) is 3.01. The Kier molecular flexibility index (Phi) is 4.82. The number of primary amides is 1. The van der Waals surface area contributed by atoms with Crippen molar-refractivity contribution in [3.05, 3.63) is 23.5 Å². The van der Waals surface area contributed by atoms with Crippen molar-refractivity contribution in [2.45, 2.75) is 38.8 Å². The summed E-state index contributed by atoms with van der Waals surface area (Å²) in [5, 5.41) is 9.93. The highest BCUT2D eigenvalue weighted by Gasteiger charge is 2.39. The summed E-state index contributed by atoms with van der Waals surface area (Å²) >= 11 is 0. The van der Waals surface area contributed by atoms with Crippen LogP contribution in [0.2, 0.25) is 0 Å². The van der Waals surface area contributed by atoms with Crippen LogP contribution >= 0.6 is 0 Å². The first-order valence-electron chi connectivity index (χ1n) is 8.33. The highest BCUT2D eigenvalue weighted by molar-refractivity contribution is 5.77. The molecule has 0 unspecified atom stereocenters. The van der Waals surface area contributed by atoms with Gasteiger partial charge in [0.15, 0.2) is 0 Å². The van der Waals surface area contributed by atoms with Gasteiger partial charge in [0.2, 0.25) is 5.91 Å². The predicted molar refractivity (Wildman–Crippen MR) is 85.7 cm³/mol. The van der Waals surface area contributed by atoms with E-state index < -0.39 is 0 Å². The lowest BCUT2D eigenvalue weighted by Crippen LogP contribution is -2.42. The maximum Gasteiger partial charge on any atom is 0.223 e. The Balaban J connectivity index is 1.56. The second kappa shape index (κ2) is 6.84. The molecule has 2 atom stereocenters. The number of ether oxygens (including phenoxy) is 1. The summed E-state index contributed by atoms with van der Waals surface area (Å²) in [7, 11) is 0. The van der Waals surface area contributed by atoms with Gasteiger partial charge < -0.3 is 15.6 Å². The molecule has 6 nitrogen and oxygen atoms in total. The third-order valence-corrected chi connectivity index (χ3v) is 5.06. The van der Waals surface area contributed by atoms with E-state index in [1.165, 1.54) is 0 Å². The number of nitrogens with two attached hydrogens (primary N) is 1. The summed E-state index contributed by atoms with van der Waals surface area (Å²) in [5.41, 5.74) is 7.13. The number of likely N-dealkylation sites (tertiary alicyclic amines) is 1. The van der Waals surface area contributed by atoms with Gasteiger partial charge in [0.1, 0.15) is 5.75 Å². The molecular weight excluding hydrogens is 294 g/mol. The molecule has 2 saturated heterocycles. The number of carbonyl (C=O) groups is 1. The van der Waals surface area contributed by atoms with Crippen molar-refractivity contribution in [3.63, 3.8) is 0 Å². The number of piperidine rings is 1. The monoisotopic (exact) mass is 319 g/mol. The van der Waals surface area contributed by atoms with Crippen molar-refractivity contribution in [2.24, 2.45) is 17.6 Å². The fraction of sp³-hybridized carbons (Fsp3) is 0.647. The van der Waals surface area contributed by atoms with Crippen molar-refractivity contribution in [2.75, 3.05) is 19.7 Å². The van der Waals surface area contributed by atoms with Gasteiger partial charge in [-0.05, 0) is 57.3 Å². The van der Waals surface area contributed by atoms with Gasteiger partial charge in [-0.3, -0.25) is 14.7 Å². The van der Waals surface area contributed by atoms with Crippen LogP contribution in [0.4, 0.5) is 0 Å². The topological polar surface area (TPSA) is 88.7 Å². The molecule has 2 aliphatic heterocycles. The number of hydrogen-bond donors (Lipinski definition) is 2. The normalized spacial score (nSPS) is 26.5. The second-order valence-electron chi connectivity index (χ2n) is 6.66. The van der Waals surface area contributed by atoms with E-state index in [1.807, 2.05) is 13.0 Å². The Morgan fingerprint density at radius 3 is 2.83 bits per heavy atom. The van der Waals surface area contributed by atoms with Crippen molar-refractivity contribution in [3.8, 4) is 5.75 Å². The van der Waals surface area contributed by atoms with Crippen LogP contribution in [0, 0.1) is 18.8 Å². The van der Waals surface area contributed by atoms with E-state index in [0.29, 0.717) is 19.1 Å². The number of carbonyl (C=O) groups excluding carboxylic acids is 1. The standard InChI is InChI=1S/C17H25N3O3/c1-11-2-3-15(21)14(19-11)10-20-7-4-12(5-8-20)16-13(17(18)22)6-9-23-16/h2-3,12-13,16,21H,4-10H2,1H3,(H2,18,22)/t13-,16+/m0/s1. The van der Waals surface area contributed by atoms with Crippen LogP contribution in [0.5, 0.6) is 5.75 Å². The molecule has 2 fully saturated rings. The molecule has 126 valence electrons. The number of rotatable bonds is 4. The van der Waals surface area contributed by atoms with Crippen LogP contribution in [0.1, 0.15) is 30.7 Å². The molecule has 0 bridgehead atoms.